The lowest BCUT2D eigenvalue weighted by molar-refractivity contribution is 0.0137. The molecule has 0 aliphatic heterocycles. The molecule has 17 heavy (non-hydrogen) atoms. The number of aromatic amines is 1. The first-order valence-electron chi connectivity index (χ1n) is 4.98. The van der Waals surface area contributed by atoms with Crippen LogP contribution in [-0.4, -0.2) is 10.2 Å². The molecule has 0 aliphatic carbocycles. The van der Waals surface area contributed by atoms with Gasteiger partial charge < -0.3 is 0 Å². The Morgan fingerprint density at radius 3 is 2.65 bits per heavy atom. The SMILES string of the molecule is CC(F)(F)c1cc([CH]c2cn[nH]c2)ccc1F. The van der Waals surface area contributed by atoms with Crippen molar-refractivity contribution in [3.05, 3.63) is 59.5 Å². The van der Waals surface area contributed by atoms with Crippen molar-refractivity contribution in [2.75, 3.05) is 0 Å². The Bertz CT molecular complexity index is 501. The fourth-order valence-electron chi connectivity index (χ4n) is 1.50. The monoisotopic (exact) mass is 239 g/mol. The summed E-state index contributed by atoms with van der Waals surface area (Å²) in [5.74, 6) is -4.09. The summed E-state index contributed by atoms with van der Waals surface area (Å²) >= 11 is 0. The summed E-state index contributed by atoms with van der Waals surface area (Å²) in [5.41, 5.74) is 0.640. The Balaban J connectivity index is 2.31. The van der Waals surface area contributed by atoms with E-state index in [1.54, 1.807) is 18.8 Å². The van der Waals surface area contributed by atoms with Crippen molar-refractivity contribution in [2.45, 2.75) is 12.8 Å². The first-order valence-corrected chi connectivity index (χ1v) is 4.98. The minimum Gasteiger partial charge on any atom is -0.285 e. The van der Waals surface area contributed by atoms with E-state index >= 15 is 0 Å². The zero-order valence-corrected chi connectivity index (χ0v) is 9.05. The van der Waals surface area contributed by atoms with Gasteiger partial charge in [0.1, 0.15) is 5.82 Å². The maximum Gasteiger partial charge on any atom is 0.273 e. The van der Waals surface area contributed by atoms with Crippen LogP contribution in [0.15, 0.2) is 30.6 Å². The molecule has 2 rings (SSSR count). The van der Waals surface area contributed by atoms with Gasteiger partial charge in [0.05, 0.1) is 11.8 Å². The van der Waals surface area contributed by atoms with Crippen LogP contribution in [0.25, 0.3) is 0 Å². The van der Waals surface area contributed by atoms with E-state index in [-0.39, 0.29) is 0 Å². The fourth-order valence-corrected chi connectivity index (χ4v) is 1.50. The third-order valence-electron chi connectivity index (χ3n) is 2.32. The zero-order chi connectivity index (χ0) is 12.5. The lowest BCUT2D eigenvalue weighted by Gasteiger charge is -2.12. The van der Waals surface area contributed by atoms with Gasteiger partial charge in [0.15, 0.2) is 0 Å². The Labute approximate surface area is 96.5 Å². The van der Waals surface area contributed by atoms with Gasteiger partial charge in [0, 0.05) is 19.5 Å². The minimum atomic E-state index is -3.19. The van der Waals surface area contributed by atoms with Crippen molar-refractivity contribution in [3.63, 3.8) is 0 Å². The molecule has 0 unspecified atom stereocenters. The molecule has 1 N–H and O–H groups in total. The molecule has 0 saturated carbocycles. The molecule has 1 aromatic carbocycles. The van der Waals surface area contributed by atoms with Gasteiger partial charge in [-0.25, -0.2) is 13.2 Å². The van der Waals surface area contributed by atoms with E-state index in [4.69, 9.17) is 0 Å². The average molecular weight is 239 g/mol. The molecule has 0 spiro atoms. The van der Waals surface area contributed by atoms with Crippen LogP contribution in [0.4, 0.5) is 13.2 Å². The summed E-state index contributed by atoms with van der Waals surface area (Å²) in [7, 11) is 0. The number of H-pyrrole nitrogens is 1. The van der Waals surface area contributed by atoms with Gasteiger partial charge in [0.2, 0.25) is 0 Å². The van der Waals surface area contributed by atoms with E-state index < -0.39 is 17.3 Å². The zero-order valence-electron chi connectivity index (χ0n) is 9.05. The van der Waals surface area contributed by atoms with Crippen molar-refractivity contribution in [3.8, 4) is 0 Å². The summed E-state index contributed by atoms with van der Waals surface area (Å²) in [6.07, 6.45) is 4.80. The molecule has 1 radical (unpaired) electrons. The Morgan fingerprint density at radius 2 is 2.06 bits per heavy atom. The van der Waals surface area contributed by atoms with Crippen molar-refractivity contribution in [2.24, 2.45) is 0 Å². The quantitative estimate of drug-likeness (QED) is 0.875. The van der Waals surface area contributed by atoms with Gasteiger partial charge in [-0.05, 0) is 23.3 Å². The summed E-state index contributed by atoms with van der Waals surface area (Å²) < 4.78 is 39.4. The standard InChI is InChI=1S/C12H10F3N2/c1-12(14,15)10-5-8(2-3-11(10)13)4-9-6-16-17-7-9/h2-7H,1H3,(H,16,17). The molecule has 5 heteroatoms. The molecule has 0 fully saturated rings. The molecule has 1 aromatic heterocycles. The van der Waals surface area contributed by atoms with Crippen LogP contribution in [0.2, 0.25) is 0 Å². The molecule has 0 atom stereocenters. The van der Waals surface area contributed by atoms with Crippen LogP contribution < -0.4 is 0 Å². The highest BCUT2D eigenvalue weighted by Gasteiger charge is 2.28. The second-order valence-corrected chi connectivity index (χ2v) is 3.80. The van der Waals surface area contributed by atoms with Gasteiger partial charge in [-0.3, -0.25) is 5.10 Å². The molecule has 1 heterocycles. The molecule has 89 valence electrons. The van der Waals surface area contributed by atoms with Crippen LogP contribution in [0.5, 0.6) is 0 Å². The van der Waals surface area contributed by atoms with Crippen molar-refractivity contribution in [1.82, 2.24) is 10.2 Å². The van der Waals surface area contributed by atoms with Crippen molar-refractivity contribution < 1.29 is 13.2 Å². The highest BCUT2D eigenvalue weighted by atomic mass is 19.3. The summed E-state index contributed by atoms with van der Waals surface area (Å²) in [6, 6.07) is 3.62. The van der Waals surface area contributed by atoms with E-state index in [1.807, 2.05) is 0 Å². The Morgan fingerprint density at radius 1 is 1.29 bits per heavy atom. The smallest absolute Gasteiger partial charge is 0.273 e. The largest absolute Gasteiger partial charge is 0.285 e. The number of alkyl halides is 2. The molecular weight excluding hydrogens is 229 g/mol. The molecule has 0 saturated heterocycles. The first kappa shape index (κ1) is 11.7. The molecule has 0 amide bonds. The van der Waals surface area contributed by atoms with E-state index in [9.17, 15) is 13.2 Å². The predicted octanol–water partition coefficient (Wildman–Crippen LogP) is 3.26. The number of nitrogens with zero attached hydrogens (tertiary/aromatic N) is 1. The predicted molar refractivity (Wildman–Crippen MR) is 57.1 cm³/mol. The maximum absolute atomic E-state index is 13.2. The molecule has 0 bridgehead atoms. The van der Waals surface area contributed by atoms with Crippen molar-refractivity contribution in [1.29, 1.82) is 0 Å². The van der Waals surface area contributed by atoms with Crippen LogP contribution >= 0.6 is 0 Å². The van der Waals surface area contributed by atoms with Gasteiger partial charge in [-0.1, -0.05) is 6.07 Å². The van der Waals surface area contributed by atoms with E-state index in [0.717, 1.165) is 17.7 Å². The van der Waals surface area contributed by atoms with Crippen LogP contribution in [0.3, 0.4) is 0 Å². The summed E-state index contributed by atoms with van der Waals surface area (Å²) in [6.45, 7) is 0.674. The van der Waals surface area contributed by atoms with E-state index in [0.29, 0.717) is 12.5 Å². The first-order chi connectivity index (χ1) is 7.97. The third-order valence-corrected chi connectivity index (χ3v) is 2.32. The van der Waals surface area contributed by atoms with E-state index in [1.165, 1.54) is 6.07 Å². The third kappa shape index (κ3) is 2.67. The second kappa shape index (κ2) is 4.24. The lowest BCUT2D eigenvalue weighted by Crippen LogP contribution is -2.10. The maximum atomic E-state index is 13.2. The second-order valence-electron chi connectivity index (χ2n) is 3.80. The topological polar surface area (TPSA) is 28.7 Å². The molecule has 2 aromatic rings. The fraction of sp³-hybridized carbons (Fsp3) is 0.167. The highest BCUT2D eigenvalue weighted by Crippen LogP contribution is 2.30. The van der Waals surface area contributed by atoms with E-state index in [2.05, 4.69) is 10.2 Å². The lowest BCUT2D eigenvalue weighted by atomic mass is 10.0. The number of hydrogen-bond donors (Lipinski definition) is 1. The van der Waals surface area contributed by atoms with Gasteiger partial charge in [-0.2, -0.15) is 5.10 Å². The number of aromatic nitrogens is 2. The number of rotatable bonds is 3. The Hall–Kier alpha value is -1.78. The van der Waals surface area contributed by atoms with Crippen molar-refractivity contribution >= 4 is 0 Å². The number of halogens is 3. The minimum absolute atomic E-state index is 0.504. The van der Waals surface area contributed by atoms with Crippen LogP contribution in [0, 0.1) is 12.2 Å². The normalized spacial score (nSPS) is 11.8. The summed E-state index contributed by atoms with van der Waals surface area (Å²) in [4.78, 5) is 0. The average Bonchev–Trinajstić information content (AvgIpc) is 2.72. The number of benzene rings is 1. The number of hydrogen-bond acceptors (Lipinski definition) is 1. The van der Waals surface area contributed by atoms with Gasteiger partial charge >= 0.3 is 0 Å². The Kier molecular flexibility index (Phi) is 2.92. The van der Waals surface area contributed by atoms with Crippen LogP contribution in [-0.2, 0) is 5.92 Å². The molecule has 2 nitrogen and oxygen atoms in total. The highest BCUT2D eigenvalue weighted by molar-refractivity contribution is 5.38. The van der Waals surface area contributed by atoms with Crippen LogP contribution in [0.1, 0.15) is 23.6 Å². The summed E-state index contributed by atoms with van der Waals surface area (Å²) in [5, 5.41) is 6.33. The molecule has 0 aliphatic rings. The molecular formula is C12H10F3N2. The van der Waals surface area contributed by atoms with Gasteiger partial charge in [-0.15, -0.1) is 0 Å². The van der Waals surface area contributed by atoms with Gasteiger partial charge in [0.25, 0.3) is 5.92 Å². The number of nitrogens with one attached hydrogen (secondary N) is 1.